The van der Waals surface area contributed by atoms with Gasteiger partial charge in [-0.05, 0) is 65.7 Å². The van der Waals surface area contributed by atoms with Crippen molar-refractivity contribution in [2.45, 2.75) is 83.6 Å². The molecule has 3 unspecified atom stereocenters. The lowest BCUT2D eigenvalue weighted by atomic mass is 9.87. The van der Waals surface area contributed by atoms with Crippen molar-refractivity contribution in [1.29, 1.82) is 0 Å². The molecule has 128 valence electrons. The van der Waals surface area contributed by atoms with E-state index in [1.54, 1.807) is 6.92 Å². The molecule has 0 saturated carbocycles. The average Bonchev–Trinajstić information content (AvgIpc) is 2.58. The molecule has 0 N–H and O–H groups in total. The van der Waals surface area contributed by atoms with E-state index in [0.717, 1.165) is 32.1 Å². The van der Waals surface area contributed by atoms with Gasteiger partial charge >= 0.3 is 6.09 Å². The fourth-order valence-corrected chi connectivity index (χ4v) is 4.13. The molecule has 2 heterocycles. The van der Waals surface area contributed by atoms with Crippen LogP contribution in [0.1, 0.15) is 59.8 Å². The van der Waals surface area contributed by atoms with Crippen LogP contribution in [0.3, 0.4) is 0 Å². The third kappa shape index (κ3) is 4.59. The summed E-state index contributed by atoms with van der Waals surface area (Å²) in [4.78, 5) is 14.3. The molecule has 3 atom stereocenters. The van der Waals surface area contributed by atoms with Crippen LogP contribution >= 0.6 is 0 Å². The lowest BCUT2D eigenvalue weighted by Crippen LogP contribution is -2.48. The van der Waals surface area contributed by atoms with Crippen LogP contribution in [0.4, 0.5) is 4.79 Å². The van der Waals surface area contributed by atoms with E-state index in [-0.39, 0.29) is 24.3 Å². The van der Waals surface area contributed by atoms with Crippen molar-refractivity contribution in [1.82, 2.24) is 4.90 Å². The standard InChI is InChI=1S/C15H27NO5S/c1-10(21-22(18)19)7-11-8-12-5-6-13(9-11)16(12)14(17)20-15(2,3)4/h10-13,22H,5-9H2,1-4H3. The lowest BCUT2D eigenvalue weighted by Gasteiger charge is -2.40. The summed E-state index contributed by atoms with van der Waals surface area (Å²) in [6, 6.07) is 0.429. The van der Waals surface area contributed by atoms with E-state index in [2.05, 4.69) is 0 Å². The van der Waals surface area contributed by atoms with Gasteiger partial charge in [-0.25, -0.2) is 13.2 Å². The maximum Gasteiger partial charge on any atom is 0.410 e. The fraction of sp³-hybridized carbons (Fsp3) is 0.933. The fourth-order valence-electron chi connectivity index (χ4n) is 3.75. The second-order valence-electron chi connectivity index (χ2n) is 7.49. The summed E-state index contributed by atoms with van der Waals surface area (Å²) in [6.45, 7) is 7.42. The second kappa shape index (κ2) is 6.74. The van der Waals surface area contributed by atoms with Gasteiger partial charge in [0, 0.05) is 12.1 Å². The van der Waals surface area contributed by atoms with Crippen LogP contribution in [0.2, 0.25) is 0 Å². The number of carbonyl (C=O) groups excluding carboxylic acids is 1. The van der Waals surface area contributed by atoms with E-state index >= 15 is 0 Å². The van der Waals surface area contributed by atoms with Gasteiger partial charge in [-0.15, -0.1) is 0 Å². The molecule has 0 aromatic carbocycles. The summed E-state index contributed by atoms with van der Waals surface area (Å²) in [7, 11) is -2.79. The third-order valence-electron chi connectivity index (χ3n) is 4.37. The van der Waals surface area contributed by atoms with E-state index in [4.69, 9.17) is 8.92 Å². The highest BCUT2D eigenvalue weighted by molar-refractivity contribution is 7.67. The Morgan fingerprint density at radius 3 is 2.23 bits per heavy atom. The number of rotatable bonds is 4. The van der Waals surface area contributed by atoms with E-state index in [9.17, 15) is 13.2 Å². The first-order valence-corrected chi connectivity index (χ1v) is 9.07. The highest BCUT2D eigenvalue weighted by Crippen LogP contribution is 2.41. The quantitative estimate of drug-likeness (QED) is 0.800. The van der Waals surface area contributed by atoms with Crippen molar-refractivity contribution >= 4 is 17.1 Å². The van der Waals surface area contributed by atoms with Gasteiger partial charge in [-0.1, -0.05) is 0 Å². The largest absolute Gasteiger partial charge is 0.444 e. The molecule has 22 heavy (non-hydrogen) atoms. The maximum atomic E-state index is 12.3. The first kappa shape index (κ1) is 17.5. The van der Waals surface area contributed by atoms with Gasteiger partial charge in [0.15, 0.2) is 0 Å². The average molecular weight is 333 g/mol. The molecule has 0 aromatic rings. The number of thiol groups is 1. The Morgan fingerprint density at radius 2 is 1.77 bits per heavy atom. The van der Waals surface area contributed by atoms with Crippen LogP contribution in [0.25, 0.3) is 0 Å². The van der Waals surface area contributed by atoms with Gasteiger partial charge in [-0.2, -0.15) is 0 Å². The third-order valence-corrected chi connectivity index (χ3v) is 4.90. The van der Waals surface area contributed by atoms with Gasteiger partial charge < -0.3 is 9.64 Å². The van der Waals surface area contributed by atoms with Crippen molar-refractivity contribution in [3.63, 3.8) is 0 Å². The minimum Gasteiger partial charge on any atom is -0.444 e. The molecule has 0 spiro atoms. The Bertz CT molecular complexity index is 463. The van der Waals surface area contributed by atoms with Gasteiger partial charge in [0.1, 0.15) is 5.60 Å². The molecule has 6 nitrogen and oxygen atoms in total. The number of carbonyl (C=O) groups is 1. The molecule has 1 amide bonds. The number of hydrogen-bond acceptors (Lipinski definition) is 5. The second-order valence-corrected chi connectivity index (χ2v) is 8.14. The van der Waals surface area contributed by atoms with Crippen LogP contribution in [0.5, 0.6) is 0 Å². The first-order valence-electron chi connectivity index (χ1n) is 7.98. The van der Waals surface area contributed by atoms with Gasteiger partial charge in [0.2, 0.25) is 0 Å². The van der Waals surface area contributed by atoms with Gasteiger partial charge in [0.25, 0.3) is 11.0 Å². The zero-order valence-electron chi connectivity index (χ0n) is 13.8. The number of ether oxygens (including phenoxy) is 1. The van der Waals surface area contributed by atoms with E-state index < -0.39 is 16.6 Å². The molecule has 2 bridgehead atoms. The summed E-state index contributed by atoms with van der Waals surface area (Å²) >= 11 is 0. The van der Waals surface area contributed by atoms with Crippen LogP contribution in [0.15, 0.2) is 0 Å². The van der Waals surface area contributed by atoms with E-state index in [0.29, 0.717) is 5.92 Å². The molecule has 0 radical (unpaired) electrons. The Morgan fingerprint density at radius 1 is 1.23 bits per heavy atom. The number of fused-ring (bicyclic) bond motifs is 2. The minimum atomic E-state index is -2.79. The first-order chi connectivity index (χ1) is 10.2. The van der Waals surface area contributed by atoms with Crippen molar-refractivity contribution in [2.24, 2.45) is 5.92 Å². The summed E-state index contributed by atoms with van der Waals surface area (Å²) < 4.78 is 31.6. The van der Waals surface area contributed by atoms with Crippen molar-refractivity contribution < 1.29 is 22.1 Å². The molecule has 7 heteroatoms. The topological polar surface area (TPSA) is 72.9 Å². The Kier molecular flexibility index (Phi) is 5.37. The lowest BCUT2D eigenvalue weighted by molar-refractivity contribution is -0.000118. The number of nitrogens with zero attached hydrogens (tertiary/aromatic N) is 1. The number of amides is 1. The Balaban J connectivity index is 1.93. The summed E-state index contributed by atoms with van der Waals surface area (Å²) in [6.07, 6.45) is 4.03. The SMILES string of the molecule is CC(CC1CC2CCC(C1)N2C(=O)OC(C)(C)C)O[SH](=O)=O. The molecule has 2 aliphatic rings. The minimum absolute atomic E-state index is 0.215. The summed E-state index contributed by atoms with van der Waals surface area (Å²) in [5.41, 5.74) is -0.477. The van der Waals surface area contributed by atoms with Crippen molar-refractivity contribution in [3.8, 4) is 0 Å². The van der Waals surface area contributed by atoms with Gasteiger partial charge in [-0.3, -0.25) is 4.18 Å². The molecule has 2 saturated heterocycles. The van der Waals surface area contributed by atoms with Crippen LogP contribution in [-0.4, -0.2) is 43.2 Å². The predicted molar refractivity (Wildman–Crippen MR) is 83.1 cm³/mol. The van der Waals surface area contributed by atoms with Crippen molar-refractivity contribution in [2.75, 3.05) is 0 Å². The van der Waals surface area contributed by atoms with Crippen LogP contribution in [0, 0.1) is 5.92 Å². The normalized spacial score (nSPS) is 29.7. The maximum absolute atomic E-state index is 12.3. The zero-order chi connectivity index (χ0) is 16.5. The molecular formula is C15H27NO5S. The molecule has 0 aliphatic carbocycles. The summed E-state index contributed by atoms with van der Waals surface area (Å²) in [5, 5.41) is 0. The molecular weight excluding hydrogens is 306 g/mol. The van der Waals surface area contributed by atoms with E-state index in [1.165, 1.54) is 0 Å². The molecule has 0 aromatic heterocycles. The van der Waals surface area contributed by atoms with E-state index in [1.807, 2.05) is 25.7 Å². The number of hydrogen-bond donors (Lipinski definition) is 1. The molecule has 2 aliphatic heterocycles. The summed E-state index contributed by atoms with van der Waals surface area (Å²) in [5.74, 6) is 0.404. The molecule has 2 fully saturated rings. The van der Waals surface area contributed by atoms with Crippen molar-refractivity contribution in [3.05, 3.63) is 0 Å². The predicted octanol–water partition coefficient (Wildman–Crippen LogP) is 2.49. The van der Waals surface area contributed by atoms with Crippen LogP contribution < -0.4 is 0 Å². The van der Waals surface area contributed by atoms with Gasteiger partial charge in [0.05, 0.1) is 6.10 Å². The molecule has 2 rings (SSSR count). The number of piperidine rings is 1. The smallest absolute Gasteiger partial charge is 0.410 e. The zero-order valence-corrected chi connectivity index (χ0v) is 14.7. The van der Waals surface area contributed by atoms with Crippen LogP contribution in [-0.2, 0) is 19.9 Å². The highest BCUT2D eigenvalue weighted by Gasteiger charge is 2.44. The Hall–Kier alpha value is -0.820. The monoisotopic (exact) mass is 333 g/mol. The highest BCUT2D eigenvalue weighted by atomic mass is 32.2. The Labute approximate surface area is 134 Å².